The lowest BCUT2D eigenvalue weighted by Crippen LogP contribution is -2.47. The molecule has 12 heteroatoms. The Bertz CT molecular complexity index is 1240. The highest BCUT2D eigenvalue weighted by molar-refractivity contribution is 7.91. The van der Waals surface area contributed by atoms with Crippen molar-refractivity contribution in [1.29, 1.82) is 0 Å². The van der Waals surface area contributed by atoms with Crippen molar-refractivity contribution in [1.82, 2.24) is 10.6 Å². The monoisotopic (exact) mass is 496 g/mol. The van der Waals surface area contributed by atoms with E-state index >= 15 is 0 Å². The zero-order valence-electron chi connectivity index (χ0n) is 17.8. The van der Waals surface area contributed by atoms with Crippen molar-refractivity contribution in [2.45, 2.75) is 10.9 Å². The van der Waals surface area contributed by atoms with Gasteiger partial charge in [-0.3, -0.25) is 0 Å². The van der Waals surface area contributed by atoms with Gasteiger partial charge in [0.25, 0.3) is 0 Å². The van der Waals surface area contributed by atoms with Crippen molar-refractivity contribution < 1.29 is 37.3 Å². The summed E-state index contributed by atoms with van der Waals surface area (Å²) in [5.41, 5.74) is 0.0502. The molecule has 2 aromatic rings. The van der Waals surface area contributed by atoms with Gasteiger partial charge in [-0.15, -0.1) is 0 Å². The van der Waals surface area contributed by atoms with Crippen LogP contribution in [0.5, 0.6) is 17.2 Å². The molecule has 0 radical (unpaired) electrons. The van der Waals surface area contributed by atoms with Crippen molar-refractivity contribution in [3.8, 4) is 17.2 Å². The third-order valence-electron chi connectivity index (χ3n) is 4.89. The normalized spacial score (nSPS) is 16.0. The lowest BCUT2D eigenvalue weighted by molar-refractivity contribution is -0.136. The number of carbonyl (C=O) groups excluding carboxylic acids is 2. The molecule has 2 aromatic carbocycles. The van der Waals surface area contributed by atoms with E-state index in [0.29, 0.717) is 5.56 Å². The van der Waals surface area contributed by atoms with E-state index in [0.717, 1.165) is 7.11 Å². The molecule has 33 heavy (non-hydrogen) atoms. The Balaban J connectivity index is 2.15. The Kier molecular flexibility index (Phi) is 7.04. The lowest BCUT2D eigenvalue weighted by Gasteiger charge is -2.29. The third-order valence-corrected chi connectivity index (χ3v) is 6.78. The van der Waals surface area contributed by atoms with E-state index in [1.54, 1.807) is 0 Å². The number of ether oxygens (including phenoxy) is 3. The van der Waals surface area contributed by atoms with Crippen LogP contribution in [-0.4, -0.2) is 52.6 Å². The number of hydrogen-bond donors (Lipinski definition) is 3. The number of phenolic OH excluding ortho intramolecular Hbond substituents is 1. The number of aromatic hydroxyl groups is 1. The predicted molar refractivity (Wildman–Crippen MR) is 118 cm³/mol. The number of carbonyl (C=O) groups is 2. The molecule has 0 bridgehead atoms. The van der Waals surface area contributed by atoms with Crippen LogP contribution >= 0.6 is 11.6 Å². The Labute approximate surface area is 195 Å². The second-order valence-corrected chi connectivity index (χ2v) is 9.30. The van der Waals surface area contributed by atoms with E-state index < -0.39 is 33.6 Å². The van der Waals surface area contributed by atoms with Gasteiger partial charge < -0.3 is 30.0 Å². The quantitative estimate of drug-likeness (QED) is 0.496. The molecule has 2 amide bonds. The Morgan fingerprint density at radius 3 is 2.42 bits per heavy atom. The highest BCUT2D eigenvalue weighted by atomic mass is 35.5. The molecule has 176 valence electrons. The van der Waals surface area contributed by atoms with Crippen LogP contribution in [0, 0.1) is 0 Å². The summed E-state index contributed by atoms with van der Waals surface area (Å²) >= 11 is 5.97. The van der Waals surface area contributed by atoms with Gasteiger partial charge in [-0.25, -0.2) is 18.0 Å². The summed E-state index contributed by atoms with van der Waals surface area (Å²) < 4.78 is 41.6. The molecule has 1 atom stereocenters. The Hall–Kier alpha value is -3.44. The Morgan fingerprint density at radius 2 is 1.79 bits per heavy atom. The van der Waals surface area contributed by atoms with Gasteiger partial charge in [0.1, 0.15) is 10.6 Å². The van der Waals surface area contributed by atoms with Gasteiger partial charge in [0.2, 0.25) is 0 Å². The summed E-state index contributed by atoms with van der Waals surface area (Å²) in [6.07, 6.45) is 0. The SMILES string of the molecule is COC(=O)C1=C(CS(=O)(=O)c2cc(Cl)ccc2OC)NC(=O)N[C@H]1c1ccc(O)c(OC)c1. The molecule has 0 unspecified atom stereocenters. The van der Waals surface area contributed by atoms with E-state index in [9.17, 15) is 23.1 Å². The maximum absolute atomic E-state index is 13.2. The van der Waals surface area contributed by atoms with Gasteiger partial charge in [0, 0.05) is 10.7 Å². The van der Waals surface area contributed by atoms with Gasteiger partial charge in [-0.1, -0.05) is 17.7 Å². The molecular formula is C21H21ClN2O8S. The molecule has 0 saturated carbocycles. The van der Waals surface area contributed by atoms with E-state index in [4.69, 9.17) is 25.8 Å². The summed E-state index contributed by atoms with van der Waals surface area (Å²) in [6, 6.07) is 6.49. The minimum atomic E-state index is -4.13. The summed E-state index contributed by atoms with van der Waals surface area (Å²) in [5.74, 6) is -1.60. The van der Waals surface area contributed by atoms with Crippen LogP contribution in [0.3, 0.4) is 0 Å². The molecule has 0 aliphatic carbocycles. The number of nitrogens with one attached hydrogen (secondary N) is 2. The highest BCUT2D eigenvalue weighted by Crippen LogP contribution is 2.35. The average molecular weight is 497 g/mol. The fourth-order valence-electron chi connectivity index (χ4n) is 3.37. The zero-order valence-corrected chi connectivity index (χ0v) is 19.4. The van der Waals surface area contributed by atoms with Gasteiger partial charge >= 0.3 is 12.0 Å². The smallest absolute Gasteiger partial charge is 0.338 e. The fraction of sp³-hybridized carbons (Fsp3) is 0.238. The van der Waals surface area contributed by atoms with Crippen molar-refractivity contribution in [3.05, 3.63) is 58.3 Å². The van der Waals surface area contributed by atoms with Crippen LogP contribution in [0.25, 0.3) is 0 Å². The molecule has 1 aliphatic rings. The largest absolute Gasteiger partial charge is 0.504 e. The van der Waals surface area contributed by atoms with E-state index in [2.05, 4.69) is 10.6 Å². The topological polar surface area (TPSA) is 140 Å². The first-order valence-electron chi connectivity index (χ1n) is 9.43. The molecule has 0 fully saturated rings. The first kappa shape index (κ1) is 24.2. The number of phenols is 1. The lowest BCUT2D eigenvalue weighted by atomic mass is 9.95. The number of hydrogen-bond acceptors (Lipinski definition) is 8. The van der Waals surface area contributed by atoms with Gasteiger partial charge in [-0.05, 0) is 35.9 Å². The molecule has 0 spiro atoms. The van der Waals surface area contributed by atoms with Crippen LogP contribution in [0.2, 0.25) is 5.02 Å². The molecule has 1 heterocycles. The number of methoxy groups -OCH3 is 3. The van der Waals surface area contributed by atoms with E-state index in [1.807, 2.05) is 0 Å². The summed E-state index contributed by atoms with van der Waals surface area (Å²) in [7, 11) is -0.351. The maximum Gasteiger partial charge on any atom is 0.338 e. The first-order chi connectivity index (χ1) is 15.6. The summed E-state index contributed by atoms with van der Waals surface area (Å²) in [5, 5.41) is 15.0. The van der Waals surface area contributed by atoms with Crippen LogP contribution < -0.4 is 20.1 Å². The molecule has 3 N–H and O–H groups in total. The first-order valence-corrected chi connectivity index (χ1v) is 11.5. The molecular weight excluding hydrogens is 476 g/mol. The number of halogens is 1. The number of amides is 2. The summed E-state index contributed by atoms with van der Waals surface area (Å²) in [4.78, 5) is 24.9. The molecule has 1 aliphatic heterocycles. The van der Waals surface area contributed by atoms with Crippen molar-refractivity contribution >= 4 is 33.4 Å². The minimum Gasteiger partial charge on any atom is -0.504 e. The second-order valence-electron chi connectivity index (χ2n) is 6.90. The van der Waals surface area contributed by atoms with Gasteiger partial charge in [-0.2, -0.15) is 0 Å². The molecule has 3 rings (SSSR count). The number of benzene rings is 2. The number of urea groups is 1. The van der Waals surface area contributed by atoms with Gasteiger partial charge in [0.05, 0.1) is 38.7 Å². The van der Waals surface area contributed by atoms with Crippen molar-refractivity contribution in [2.24, 2.45) is 0 Å². The third kappa shape index (κ3) is 4.99. The van der Waals surface area contributed by atoms with Crippen LogP contribution in [0.4, 0.5) is 4.79 Å². The second kappa shape index (κ2) is 9.59. The predicted octanol–water partition coefficient (Wildman–Crippen LogP) is 2.32. The van der Waals surface area contributed by atoms with Crippen molar-refractivity contribution in [2.75, 3.05) is 27.1 Å². The van der Waals surface area contributed by atoms with Crippen LogP contribution in [0.15, 0.2) is 52.6 Å². The van der Waals surface area contributed by atoms with E-state index in [-0.39, 0.29) is 38.4 Å². The Morgan fingerprint density at radius 1 is 1.09 bits per heavy atom. The van der Waals surface area contributed by atoms with Crippen LogP contribution in [-0.2, 0) is 19.4 Å². The molecule has 0 aromatic heterocycles. The van der Waals surface area contributed by atoms with E-state index in [1.165, 1.54) is 50.6 Å². The molecule has 10 nitrogen and oxygen atoms in total. The highest BCUT2D eigenvalue weighted by Gasteiger charge is 2.36. The average Bonchev–Trinajstić information content (AvgIpc) is 2.78. The van der Waals surface area contributed by atoms with Gasteiger partial charge in [0.15, 0.2) is 21.3 Å². The fourth-order valence-corrected chi connectivity index (χ4v) is 5.13. The number of rotatable bonds is 7. The van der Waals surface area contributed by atoms with Crippen LogP contribution in [0.1, 0.15) is 11.6 Å². The molecule has 0 saturated heterocycles. The zero-order chi connectivity index (χ0) is 24.3. The number of esters is 1. The van der Waals surface area contributed by atoms with Crippen molar-refractivity contribution in [3.63, 3.8) is 0 Å². The maximum atomic E-state index is 13.2. The minimum absolute atomic E-state index is 0.0553. The summed E-state index contributed by atoms with van der Waals surface area (Å²) in [6.45, 7) is 0. The number of sulfone groups is 1. The standard InChI is InChI=1S/C21H21ClN2O8S/c1-30-15-7-5-12(22)9-17(15)33(28,29)10-13-18(20(26)32-3)19(24-21(27)23-13)11-4-6-14(25)16(8-11)31-2/h4-9,19,25H,10H2,1-3H3,(H2,23,24,27)/t19-/m0/s1.